The molecule has 0 aromatic heterocycles. The van der Waals surface area contributed by atoms with Crippen LogP contribution < -0.4 is 5.73 Å². The second-order valence-corrected chi connectivity index (χ2v) is 5.57. The molecule has 88 valence electrons. The lowest BCUT2D eigenvalue weighted by Crippen LogP contribution is -2.40. The van der Waals surface area contributed by atoms with Crippen molar-refractivity contribution < 1.29 is 9.50 Å². The lowest BCUT2D eigenvalue weighted by atomic mass is 9.82. The van der Waals surface area contributed by atoms with E-state index in [4.69, 9.17) is 5.73 Å². The molecule has 0 aliphatic heterocycles. The van der Waals surface area contributed by atoms with E-state index < -0.39 is 11.6 Å². The van der Waals surface area contributed by atoms with Gasteiger partial charge in [0.15, 0.2) is 0 Å². The molecule has 2 rings (SSSR count). The van der Waals surface area contributed by atoms with Crippen LogP contribution in [0.3, 0.4) is 0 Å². The van der Waals surface area contributed by atoms with Gasteiger partial charge in [-0.3, -0.25) is 0 Å². The molecule has 1 saturated carbocycles. The fourth-order valence-corrected chi connectivity index (χ4v) is 2.88. The summed E-state index contributed by atoms with van der Waals surface area (Å²) in [6, 6.07) is 4.77. The normalized spacial score (nSPS) is 34.3. The Morgan fingerprint density at radius 2 is 2.25 bits per heavy atom. The average molecular weight is 288 g/mol. The van der Waals surface area contributed by atoms with Gasteiger partial charge >= 0.3 is 0 Å². The van der Waals surface area contributed by atoms with Crippen molar-refractivity contribution in [1.29, 1.82) is 0 Å². The minimum absolute atomic E-state index is 0.0753. The van der Waals surface area contributed by atoms with Gasteiger partial charge < -0.3 is 10.8 Å². The lowest BCUT2D eigenvalue weighted by Gasteiger charge is -2.30. The van der Waals surface area contributed by atoms with Crippen molar-refractivity contribution >= 4 is 15.9 Å². The fourth-order valence-electron chi connectivity index (χ4n) is 2.52. The minimum atomic E-state index is -0.757. The number of aliphatic hydroxyl groups excluding tert-OH is 1. The number of benzene rings is 1. The topological polar surface area (TPSA) is 46.2 Å². The smallest absolute Gasteiger partial charge is 0.128 e. The van der Waals surface area contributed by atoms with Crippen molar-refractivity contribution in [2.24, 2.45) is 11.7 Å². The minimum Gasteiger partial charge on any atom is -0.393 e. The van der Waals surface area contributed by atoms with E-state index in [2.05, 4.69) is 15.9 Å². The van der Waals surface area contributed by atoms with Crippen LogP contribution in [0.25, 0.3) is 0 Å². The van der Waals surface area contributed by atoms with E-state index in [1.165, 1.54) is 6.07 Å². The first-order chi connectivity index (χ1) is 7.43. The molecule has 16 heavy (non-hydrogen) atoms. The molecule has 0 spiro atoms. The van der Waals surface area contributed by atoms with Crippen molar-refractivity contribution in [3.05, 3.63) is 34.1 Å². The number of rotatable bonds is 1. The van der Waals surface area contributed by atoms with Crippen LogP contribution in [-0.2, 0) is 5.54 Å². The Balaban J connectivity index is 2.46. The van der Waals surface area contributed by atoms with Crippen molar-refractivity contribution in [3.63, 3.8) is 0 Å². The van der Waals surface area contributed by atoms with Gasteiger partial charge in [-0.15, -0.1) is 0 Å². The summed E-state index contributed by atoms with van der Waals surface area (Å²) in [7, 11) is 0. The third kappa shape index (κ3) is 1.90. The number of halogens is 2. The maximum atomic E-state index is 13.8. The fraction of sp³-hybridized carbons (Fsp3) is 0.500. The molecule has 0 amide bonds. The van der Waals surface area contributed by atoms with Gasteiger partial charge in [-0.25, -0.2) is 4.39 Å². The first kappa shape index (κ1) is 12.0. The van der Waals surface area contributed by atoms with E-state index in [9.17, 15) is 9.50 Å². The molecule has 3 atom stereocenters. The van der Waals surface area contributed by atoms with Gasteiger partial charge in [0.25, 0.3) is 0 Å². The second kappa shape index (κ2) is 4.09. The molecule has 0 bridgehead atoms. The standard InChI is InChI=1S/C12H15BrFNO/c1-7-4-9(16)6-12(7,15)10-5-8(13)2-3-11(10)14/h2-3,5,7,9,16H,4,6,15H2,1H3/t7-,9?,12+/m1/s1. The van der Waals surface area contributed by atoms with Crippen molar-refractivity contribution in [1.82, 2.24) is 0 Å². The predicted octanol–water partition coefficient (Wildman–Crippen LogP) is 2.53. The molecule has 1 fully saturated rings. The molecule has 1 aliphatic rings. The van der Waals surface area contributed by atoms with Crippen LogP contribution in [0, 0.1) is 11.7 Å². The first-order valence-electron chi connectivity index (χ1n) is 5.36. The Hall–Kier alpha value is -0.450. The monoisotopic (exact) mass is 287 g/mol. The van der Waals surface area contributed by atoms with Crippen LogP contribution in [0.2, 0.25) is 0 Å². The van der Waals surface area contributed by atoms with Crippen molar-refractivity contribution in [2.75, 3.05) is 0 Å². The zero-order chi connectivity index (χ0) is 11.9. The van der Waals surface area contributed by atoms with Gasteiger partial charge in [0.1, 0.15) is 5.82 Å². The quantitative estimate of drug-likeness (QED) is 0.834. The zero-order valence-corrected chi connectivity index (χ0v) is 10.7. The molecule has 0 radical (unpaired) electrons. The maximum absolute atomic E-state index is 13.8. The van der Waals surface area contributed by atoms with Crippen LogP contribution in [0.1, 0.15) is 25.3 Å². The lowest BCUT2D eigenvalue weighted by molar-refractivity contribution is 0.173. The van der Waals surface area contributed by atoms with E-state index >= 15 is 0 Å². The Morgan fingerprint density at radius 3 is 2.81 bits per heavy atom. The van der Waals surface area contributed by atoms with Gasteiger partial charge in [-0.2, -0.15) is 0 Å². The Morgan fingerprint density at radius 1 is 1.56 bits per heavy atom. The molecular weight excluding hydrogens is 273 g/mol. The summed E-state index contributed by atoms with van der Waals surface area (Å²) in [5, 5.41) is 9.64. The van der Waals surface area contributed by atoms with Crippen LogP contribution >= 0.6 is 15.9 Å². The summed E-state index contributed by atoms with van der Waals surface area (Å²) >= 11 is 3.32. The van der Waals surface area contributed by atoms with Gasteiger partial charge in [0.05, 0.1) is 6.10 Å². The predicted molar refractivity (Wildman–Crippen MR) is 64.4 cm³/mol. The van der Waals surface area contributed by atoms with E-state index in [-0.39, 0.29) is 11.7 Å². The van der Waals surface area contributed by atoms with E-state index in [1.807, 2.05) is 6.92 Å². The van der Waals surface area contributed by atoms with Gasteiger partial charge in [0, 0.05) is 15.6 Å². The number of nitrogens with two attached hydrogens (primary N) is 1. The zero-order valence-electron chi connectivity index (χ0n) is 9.08. The number of hydrogen-bond donors (Lipinski definition) is 2. The molecule has 1 aliphatic carbocycles. The van der Waals surface area contributed by atoms with Gasteiger partial charge in [-0.1, -0.05) is 22.9 Å². The molecule has 0 saturated heterocycles. The SMILES string of the molecule is C[C@@H]1CC(O)C[C@@]1(N)c1cc(Br)ccc1F. The van der Waals surface area contributed by atoms with Crippen molar-refractivity contribution in [2.45, 2.75) is 31.4 Å². The summed E-state index contributed by atoms with van der Waals surface area (Å²) in [5.41, 5.74) is 6.00. The van der Waals surface area contributed by atoms with Crippen LogP contribution in [0.15, 0.2) is 22.7 Å². The molecule has 2 nitrogen and oxygen atoms in total. The number of aliphatic hydroxyl groups is 1. The van der Waals surface area contributed by atoms with Gasteiger partial charge in [-0.05, 0) is 37.0 Å². The number of hydrogen-bond acceptors (Lipinski definition) is 2. The first-order valence-corrected chi connectivity index (χ1v) is 6.15. The largest absolute Gasteiger partial charge is 0.393 e. The molecule has 1 aromatic rings. The summed E-state index contributed by atoms with van der Waals surface area (Å²) in [6.07, 6.45) is 0.614. The average Bonchev–Trinajstić information content (AvgIpc) is 2.46. The Bertz CT molecular complexity index is 412. The third-order valence-electron chi connectivity index (χ3n) is 3.51. The Kier molecular flexibility index (Phi) is 3.07. The molecule has 4 heteroatoms. The van der Waals surface area contributed by atoms with E-state index in [0.717, 1.165) is 4.47 Å². The highest BCUT2D eigenvalue weighted by Crippen LogP contribution is 2.42. The summed E-state index contributed by atoms with van der Waals surface area (Å²) in [4.78, 5) is 0. The summed E-state index contributed by atoms with van der Waals surface area (Å²) in [6.45, 7) is 1.95. The molecule has 1 aromatic carbocycles. The highest BCUT2D eigenvalue weighted by molar-refractivity contribution is 9.10. The van der Waals surface area contributed by atoms with E-state index in [0.29, 0.717) is 18.4 Å². The van der Waals surface area contributed by atoms with Crippen molar-refractivity contribution in [3.8, 4) is 0 Å². The van der Waals surface area contributed by atoms with Crippen LogP contribution in [0.4, 0.5) is 4.39 Å². The summed E-state index contributed by atoms with van der Waals surface area (Å²) < 4.78 is 14.6. The second-order valence-electron chi connectivity index (χ2n) is 4.66. The Labute approximate surface area is 103 Å². The third-order valence-corrected chi connectivity index (χ3v) is 4.00. The van der Waals surface area contributed by atoms with Crippen LogP contribution in [0.5, 0.6) is 0 Å². The summed E-state index contributed by atoms with van der Waals surface area (Å²) in [5.74, 6) is -0.224. The molecule has 3 N–H and O–H groups in total. The molecular formula is C12H15BrFNO. The molecule has 0 heterocycles. The highest BCUT2D eigenvalue weighted by atomic mass is 79.9. The maximum Gasteiger partial charge on any atom is 0.128 e. The van der Waals surface area contributed by atoms with E-state index in [1.54, 1.807) is 12.1 Å². The van der Waals surface area contributed by atoms with Crippen LogP contribution in [-0.4, -0.2) is 11.2 Å². The van der Waals surface area contributed by atoms with Gasteiger partial charge in [0.2, 0.25) is 0 Å². The molecule has 1 unspecified atom stereocenters. The highest BCUT2D eigenvalue weighted by Gasteiger charge is 2.44.